The van der Waals surface area contributed by atoms with Crippen LogP contribution in [0.3, 0.4) is 0 Å². The Morgan fingerprint density at radius 1 is 1.03 bits per heavy atom. The molecule has 3 aromatic rings. The summed E-state index contributed by atoms with van der Waals surface area (Å²) in [6, 6.07) is 17.3. The third-order valence-electron chi connectivity index (χ3n) is 5.73. The SMILES string of the molecule is C=C(c1ccccc1)C(O)C(c1ccc(F)cc1)C(O)C(C)(C(=O)O)c1cccnc1. The summed E-state index contributed by atoms with van der Waals surface area (Å²) in [5, 5.41) is 32.8. The number of aliphatic carboxylic acids is 1. The molecule has 3 rings (SSSR count). The van der Waals surface area contributed by atoms with Gasteiger partial charge in [0.05, 0.1) is 12.2 Å². The first-order valence-electron chi connectivity index (χ1n) is 9.76. The number of halogens is 1. The monoisotopic (exact) mass is 421 g/mol. The van der Waals surface area contributed by atoms with Crippen molar-refractivity contribution in [2.24, 2.45) is 0 Å². The maximum absolute atomic E-state index is 13.6. The first-order valence-corrected chi connectivity index (χ1v) is 9.76. The van der Waals surface area contributed by atoms with E-state index in [0.717, 1.165) is 0 Å². The van der Waals surface area contributed by atoms with Crippen molar-refractivity contribution in [3.05, 3.63) is 108 Å². The Morgan fingerprint density at radius 3 is 2.23 bits per heavy atom. The summed E-state index contributed by atoms with van der Waals surface area (Å²) in [6.45, 7) is 5.36. The average Bonchev–Trinajstić information content (AvgIpc) is 2.80. The summed E-state index contributed by atoms with van der Waals surface area (Å²) in [5.41, 5.74) is -0.180. The van der Waals surface area contributed by atoms with Gasteiger partial charge in [-0.1, -0.05) is 55.1 Å². The fourth-order valence-corrected chi connectivity index (χ4v) is 3.71. The highest BCUT2D eigenvalue weighted by molar-refractivity contribution is 5.82. The molecule has 0 aliphatic heterocycles. The van der Waals surface area contributed by atoms with Gasteiger partial charge in [-0.3, -0.25) is 9.78 Å². The van der Waals surface area contributed by atoms with Gasteiger partial charge in [0.25, 0.3) is 0 Å². The summed E-state index contributed by atoms with van der Waals surface area (Å²) < 4.78 is 13.6. The summed E-state index contributed by atoms with van der Waals surface area (Å²) >= 11 is 0. The van der Waals surface area contributed by atoms with Gasteiger partial charge in [0.2, 0.25) is 0 Å². The zero-order valence-electron chi connectivity index (χ0n) is 17.0. The number of hydrogen-bond acceptors (Lipinski definition) is 4. The second-order valence-corrected chi connectivity index (χ2v) is 7.61. The van der Waals surface area contributed by atoms with Gasteiger partial charge in [-0.2, -0.15) is 0 Å². The minimum Gasteiger partial charge on any atom is -0.481 e. The lowest BCUT2D eigenvalue weighted by Gasteiger charge is -2.38. The molecule has 0 bridgehead atoms. The molecule has 0 aliphatic carbocycles. The standard InChI is InChI=1S/C25H24FNO4/c1-16(17-7-4-3-5-8-17)22(28)21(18-10-12-20(26)13-11-18)23(29)25(2,24(30)31)19-9-6-14-27-15-19/h3-15,21-23,28-29H,1H2,2H3,(H,30,31). The van der Waals surface area contributed by atoms with Crippen molar-refractivity contribution in [2.75, 3.05) is 0 Å². The number of carboxylic acid groups (broad SMARTS) is 1. The van der Waals surface area contributed by atoms with Crippen LogP contribution in [0, 0.1) is 5.82 Å². The number of aromatic nitrogens is 1. The van der Waals surface area contributed by atoms with Crippen LogP contribution in [0.1, 0.15) is 29.5 Å². The first kappa shape index (κ1) is 22.3. The Balaban J connectivity index is 2.12. The Bertz CT molecular complexity index is 1040. The number of carboxylic acids is 1. The summed E-state index contributed by atoms with van der Waals surface area (Å²) in [4.78, 5) is 16.3. The fraction of sp³-hybridized carbons (Fsp3) is 0.200. The van der Waals surface area contributed by atoms with Crippen molar-refractivity contribution in [3.8, 4) is 0 Å². The molecule has 3 N–H and O–H groups in total. The molecule has 2 aromatic carbocycles. The number of aliphatic hydroxyl groups excluding tert-OH is 2. The number of carbonyl (C=O) groups is 1. The highest BCUT2D eigenvalue weighted by atomic mass is 19.1. The molecule has 0 saturated heterocycles. The molecule has 0 aliphatic rings. The third-order valence-corrected chi connectivity index (χ3v) is 5.73. The van der Waals surface area contributed by atoms with Crippen molar-refractivity contribution in [3.63, 3.8) is 0 Å². The van der Waals surface area contributed by atoms with E-state index in [4.69, 9.17) is 0 Å². The minimum atomic E-state index is -1.80. The van der Waals surface area contributed by atoms with E-state index in [1.165, 1.54) is 43.6 Å². The van der Waals surface area contributed by atoms with Crippen molar-refractivity contribution in [1.82, 2.24) is 4.98 Å². The molecule has 0 amide bonds. The Labute approximate surface area is 180 Å². The van der Waals surface area contributed by atoms with Crippen molar-refractivity contribution in [2.45, 2.75) is 30.5 Å². The topological polar surface area (TPSA) is 90.7 Å². The van der Waals surface area contributed by atoms with Gasteiger partial charge in [0.1, 0.15) is 11.2 Å². The van der Waals surface area contributed by atoms with Crippen LogP contribution in [0.2, 0.25) is 0 Å². The molecule has 0 fully saturated rings. The molecule has 160 valence electrons. The number of nitrogens with zero attached hydrogens (tertiary/aromatic N) is 1. The third kappa shape index (κ3) is 4.40. The van der Waals surface area contributed by atoms with E-state index < -0.39 is 35.3 Å². The van der Waals surface area contributed by atoms with Crippen molar-refractivity contribution < 1.29 is 24.5 Å². The molecule has 5 nitrogen and oxygen atoms in total. The number of hydrogen-bond donors (Lipinski definition) is 3. The van der Waals surface area contributed by atoms with Crippen LogP contribution in [0.4, 0.5) is 4.39 Å². The van der Waals surface area contributed by atoms with E-state index in [1.807, 2.05) is 6.07 Å². The number of rotatable bonds is 8. The van der Waals surface area contributed by atoms with E-state index in [2.05, 4.69) is 11.6 Å². The van der Waals surface area contributed by atoms with Gasteiger partial charge < -0.3 is 15.3 Å². The Kier molecular flexibility index (Phi) is 6.63. The van der Waals surface area contributed by atoms with Gasteiger partial charge >= 0.3 is 5.97 Å². The fourth-order valence-electron chi connectivity index (χ4n) is 3.71. The Hall–Kier alpha value is -3.35. The molecule has 1 aromatic heterocycles. The Morgan fingerprint density at radius 2 is 1.68 bits per heavy atom. The lowest BCUT2D eigenvalue weighted by molar-refractivity contribution is -0.149. The molecular formula is C25H24FNO4. The first-order chi connectivity index (χ1) is 14.8. The predicted octanol–water partition coefficient (Wildman–Crippen LogP) is 3.78. The molecule has 6 heteroatoms. The predicted molar refractivity (Wildman–Crippen MR) is 116 cm³/mol. The maximum Gasteiger partial charge on any atom is 0.316 e. The van der Waals surface area contributed by atoms with Gasteiger partial charge in [0, 0.05) is 18.3 Å². The average molecular weight is 421 g/mol. The molecule has 4 atom stereocenters. The second-order valence-electron chi connectivity index (χ2n) is 7.61. The minimum absolute atomic E-state index is 0.277. The molecule has 0 saturated carbocycles. The highest BCUT2D eigenvalue weighted by Gasteiger charge is 2.49. The van der Waals surface area contributed by atoms with E-state index >= 15 is 0 Å². The molecule has 0 radical (unpaired) electrons. The van der Waals surface area contributed by atoms with Crippen LogP contribution in [-0.2, 0) is 10.2 Å². The summed E-state index contributed by atoms with van der Waals surface area (Å²) in [5.74, 6) is -2.87. The quantitative estimate of drug-likeness (QED) is 0.515. The molecule has 1 heterocycles. The van der Waals surface area contributed by atoms with Gasteiger partial charge in [-0.05, 0) is 47.4 Å². The van der Waals surface area contributed by atoms with Gasteiger partial charge in [-0.15, -0.1) is 0 Å². The van der Waals surface area contributed by atoms with E-state index in [9.17, 15) is 24.5 Å². The summed E-state index contributed by atoms with van der Waals surface area (Å²) in [7, 11) is 0. The highest BCUT2D eigenvalue weighted by Crippen LogP contribution is 2.40. The maximum atomic E-state index is 13.6. The number of benzene rings is 2. The van der Waals surface area contributed by atoms with Crippen LogP contribution in [0.25, 0.3) is 5.57 Å². The largest absolute Gasteiger partial charge is 0.481 e. The van der Waals surface area contributed by atoms with Crippen molar-refractivity contribution >= 4 is 11.5 Å². The second kappa shape index (κ2) is 9.20. The zero-order chi connectivity index (χ0) is 22.6. The van der Waals surface area contributed by atoms with Gasteiger partial charge in [0.15, 0.2) is 0 Å². The van der Waals surface area contributed by atoms with E-state index in [-0.39, 0.29) is 5.56 Å². The van der Waals surface area contributed by atoms with Crippen molar-refractivity contribution in [1.29, 1.82) is 0 Å². The normalized spacial score (nSPS) is 16.0. The lowest BCUT2D eigenvalue weighted by atomic mass is 9.69. The number of aliphatic hydroxyl groups is 2. The van der Waals surface area contributed by atoms with E-state index in [1.54, 1.807) is 36.4 Å². The molecule has 0 spiro atoms. The van der Waals surface area contributed by atoms with Crippen LogP contribution in [-0.4, -0.2) is 38.5 Å². The molecular weight excluding hydrogens is 397 g/mol. The van der Waals surface area contributed by atoms with Crippen LogP contribution in [0.15, 0.2) is 85.7 Å². The van der Waals surface area contributed by atoms with Gasteiger partial charge in [-0.25, -0.2) is 4.39 Å². The molecule has 4 unspecified atom stereocenters. The van der Waals surface area contributed by atoms with E-state index in [0.29, 0.717) is 16.7 Å². The number of pyridine rings is 1. The lowest BCUT2D eigenvalue weighted by Crippen LogP contribution is -2.50. The van der Waals surface area contributed by atoms with Crippen LogP contribution < -0.4 is 0 Å². The smallest absolute Gasteiger partial charge is 0.316 e. The zero-order valence-corrected chi connectivity index (χ0v) is 17.0. The van der Waals surface area contributed by atoms with Crippen LogP contribution in [0.5, 0.6) is 0 Å². The van der Waals surface area contributed by atoms with Crippen LogP contribution >= 0.6 is 0 Å². The summed E-state index contributed by atoms with van der Waals surface area (Å²) in [6.07, 6.45) is -0.0487. The molecule has 31 heavy (non-hydrogen) atoms.